The Kier molecular flexibility index (Phi) is 6.93. The molecule has 0 unspecified atom stereocenters. The SMILES string of the molecule is O=C(OCc1ccccc1)C(F)(C(=O)OCc1ccccc1)c1ccc(CO)cc1. The molecule has 0 radical (unpaired) electrons. The third-order valence-corrected chi connectivity index (χ3v) is 4.52. The van der Waals surface area contributed by atoms with Crippen molar-refractivity contribution in [2.45, 2.75) is 25.5 Å². The van der Waals surface area contributed by atoms with E-state index in [2.05, 4.69) is 0 Å². The van der Waals surface area contributed by atoms with E-state index in [4.69, 9.17) is 9.47 Å². The van der Waals surface area contributed by atoms with Gasteiger partial charge < -0.3 is 14.6 Å². The topological polar surface area (TPSA) is 72.8 Å². The monoisotopic (exact) mass is 408 g/mol. The molecule has 3 aromatic rings. The second-order valence-corrected chi connectivity index (χ2v) is 6.64. The van der Waals surface area contributed by atoms with Crippen molar-refractivity contribution < 1.29 is 28.6 Å². The number of hydrogen-bond donors (Lipinski definition) is 1. The predicted molar refractivity (Wildman–Crippen MR) is 108 cm³/mol. The Morgan fingerprint density at radius 3 is 1.53 bits per heavy atom. The van der Waals surface area contributed by atoms with E-state index in [1.807, 2.05) is 0 Å². The fraction of sp³-hybridized carbons (Fsp3) is 0.167. The summed E-state index contributed by atoms with van der Waals surface area (Å²) in [4.78, 5) is 25.4. The standard InChI is InChI=1S/C24H21FO5/c25-24(21-13-11-18(15-26)12-14-21,22(27)29-16-19-7-3-1-4-8-19)23(28)30-17-20-9-5-2-6-10-20/h1-14,26H,15-17H2. The summed E-state index contributed by atoms with van der Waals surface area (Å²) in [6.45, 7) is -0.630. The molecule has 0 saturated heterocycles. The zero-order chi connectivity index (χ0) is 21.4. The lowest BCUT2D eigenvalue weighted by atomic mass is 9.94. The molecule has 6 heteroatoms. The zero-order valence-electron chi connectivity index (χ0n) is 16.2. The summed E-state index contributed by atoms with van der Waals surface area (Å²) in [5, 5.41) is 9.19. The number of alkyl halides is 1. The third-order valence-electron chi connectivity index (χ3n) is 4.52. The fourth-order valence-electron chi connectivity index (χ4n) is 2.80. The van der Waals surface area contributed by atoms with Crippen LogP contribution in [0.15, 0.2) is 84.9 Å². The number of carbonyl (C=O) groups is 2. The maximum absolute atomic E-state index is 15.9. The first-order chi connectivity index (χ1) is 14.5. The first-order valence-corrected chi connectivity index (χ1v) is 9.35. The van der Waals surface area contributed by atoms with E-state index in [-0.39, 0.29) is 25.4 Å². The molecule has 0 saturated carbocycles. The Hall–Kier alpha value is -3.51. The Morgan fingerprint density at radius 2 is 1.13 bits per heavy atom. The average molecular weight is 408 g/mol. The van der Waals surface area contributed by atoms with Crippen molar-refractivity contribution in [2.24, 2.45) is 0 Å². The van der Waals surface area contributed by atoms with Crippen molar-refractivity contribution in [2.75, 3.05) is 0 Å². The molecule has 0 fully saturated rings. The van der Waals surface area contributed by atoms with Gasteiger partial charge in [-0.15, -0.1) is 0 Å². The molecule has 0 aliphatic rings. The number of carbonyl (C=O) groups excluding carboxylic acids is 2. The minimum absolute atomic E-state index is 0.188. The van der Waals surface area contributed by atoms with Crippen LogP contribution in [0.5, 0.6) is 0 Å². The van der Waals surface area contributed by atoms with E-state index in [9.17, 15) is 14.7 Å². The molecule has 0 amide bonds. The van der Waals surface area contributed by atoms with E-state index in [1.54, 1.807) is 60.7 Å². The lowest BCUT2D eigenvalue weighted by Gasteiger charge is -2.22. The van der Waals surface area contributed by atoms with Gasteiger partial charge in [-0.05, 0) is 16.7 Å². The highest BCUT2D eigenvalue weighted by Gasteiger charge is 2.52. The summed E-state index contributed by atoms with van der Waals surface area (Å²) >= 11 is 0. The van der Waals surface area contributed by atoms with Gasteiger partial charge in [0, 0.05) is 5.56 Å². The minimum atomic E-state index is -3.14. The Bertz CT molecular complexity index is 916. The molecule has 0 aromatic heterocycles. The molecule has 0 aliphatic heterocycles. The lowest BCUT2D eigenvalue weighted by Crippen LogP contribution is -2.42. The van der Waals surface area contributed by atoms with Gasteiger partial charge in [0.15, 0.2) is 0 Å². The number of rotatable bonds is 8. The van der Waals surface area contributed by atoms with E-state index < -0.39 is 17.6 Å². The molecule has 0 atom stereocenters. The van der Waals surface area contributed by atoms with Crippen molar-refractivity contribution >= 4 is 11.9 Å². The lowest BCUT2D eigenvalue weighted by molar-refractivity contribution is -0.177. The van der Waals surface area contributed by atoms with Crippen LogP contribution >= 0.6 is 0 Å². The van der Waals surface area contributed by atoms with Crippen LogP contribution in [-0.2, 0) is 44.6 Å². The summed E-state index contributed by atoms with van der Waals surface area (Å²) in [6, 6.07) is 22.9. The quantitative estimate of drug-likeness (QED) is 0.453. The molecule has 0 aliphatic carbocycles. The zero-order valence-corrected chi connectivity index (χ0v) is 16.2. The predicted octanol–water partition coefficient (Wildman–Crippen LogP) is 3.83. The number of ether oxygens (including phenoxy) is 2. The maximum Gasteiger partial charge on any atom is 0.361 e. The summed E-state index contributed by atoms with van der Waals surface area (Å²) in [7, 11) is 0. The van der Waals surface area contributed by atoms with E-state index in [1.165, 1.54) is 24.3 Å². The Morgan fingerprint density at radius 1 is 0.700 bits per heavy atom. The van der Waals surface area contributed by atoms with Gasteiger partial charge in [-0.2, -0.15) is 0 Å². The largest absolute Gasteiger partial charge is 0.458 e. The van der Waals surface area contributed by atoms with Crippen molar-refractivity contribution in [3.63, 3.8) is 0 Å². The Balaban J connectivity index is 1.82. The van der Waals surface area contributed by atoms with Gasteiger partial charge >= 0.3 is 17.6 Å². The van der Waals surface area contributed by atoms with Gasteiger partial charge in [-0.1, -0.05) is 84.9 Å². The number of benzene rings is 3. The second-order valence-electron chi connectivity index (χ2n) is 6.64. The molecule has 3 rings (SSSR count). The molecule has 154 valence electrons. The number of aliphatic hydroxyl groups is 1. The molecule has 3 aromatic carbocycles. The van der Waals surface area contributed by atoms with Gasteiger partial charge in [0.05, 0.1) is 6.61 Å². The summed E-state index contributed by atoms with van der Waals surface area (Å²) in [5.41, 5.74) is -1.55. The number of aliphatic hydroxyl groups excluding tert-OH is 1. The Labute approximate surface area is 173 Å². The first kappa shape index (κ1) is 21.2. The highest BCUT2D eigenvalue weighted by molar-refractivity contribution is 6.04. The minimum Gasteiger partial charge on any atom is -0.458 e. The van der Waals surface area contributed by atoms with Crippen molar-refractivity contribution in [1.82, 2.24) is 0 Å². The molecule has 5 nitrogen and oxygen atoms in total. The van der Waals surface area contributed by atoms with E-state index in [0.717, 1.165) is 0 Å². The molecule has 0 heterocycles. The highest BCUT2D eigenvalue weighted by Crippen LogP contribution is 2.31. The highest BCUT2D eigenvalue weighted by atomic mass is 19.1. The van der Waals surface area contributed by atoms with Crippen LogP contribution in [0.1, 0.15) is 22.3 Å². The van der Waals surface area contributed by atoms with Crippen LogP contribution in [0, 0.1) is 0 Å². The number of esters is 2. The molecular weight excluding hydrogens is 387 g/mol. The molecular formula is C24H21FO5. The average Bonchev–Trinajstić information content (AvgIpc) is 2.81. The van der Waals surface area contributed by atoms with Gasteiger partial charge in [0.1, 0.15) is 13.2 Å². The summed E-state index contributed by atoms with van der Waals surface area (Å²) in [6.07, 6.45) is 0. The fourth-order valence-corrected chi connectivity index (χ4v) is 2.80. The molecule has 0 spiro atoms. The van der Waals surface area contributed by atoms with Crippen molar-refractivity contribution in [3.8, 4) is 0 Å². The molecule has 30 heavy (non-hydrogen) atoms. The van der Waals surface area contributed by atoms with E-state index >= 15 is 4.39 Å². The van der Waals surface area contributed by atoms with Gasteiger partial charge in [0.25, 0.3) is 0 Å². The second kappa shape index (κ2) is 9.80. The summed E-state index contributed by atoms with van der Waals surface area (Å²) in [5.74, 6) is -2.72. The normalized spacial score (nSPS) is 11.0. The van der Waals surface area contributed by atoms with Crippen LogP contribution in [-0.4, -0.2) is 17.0 Å². The number of hydrogen-bond acceptors (Lipinski definition) is 5. The van der Waals surface area contributed by atoms with Crippen LogP contribution < -0.4 is 0 Å². The van der Waals surface area contributed by atoms with E-state index in [0.29, 0.717) is 16.7 Å². The van der Waals surface area contributed by atoms with Crippen molar-refractivity contribution in [1.29, 1.82) is 0 Å². The first-order valence-electron chi connectivity index (χ1n) is 9.35. The van der Waals surface area contributed by atoms with Crippen LogP contribution in [0.4, 0.5) is 4.39 Å². The van der Waals surface area contributed by atoms with Gasteiger partial charge in [-0.3, -0.25) is 0 Å². The summed E-state index contributed by atoms with van der Waals surface area (Å²) < 4.78 is 26.2. The van der Waals surface area contributed by atoms with Gasteiger partial charge in [0.2, 0.25) is 0 Å². The van der Waals surface area contributed by atoms with Crippen LogP contribution in [0.3, 0.4) is 0 Å². The van der Waals surface area contributed by atoms with Crippen LogP contribution in [0.2, 0.25) is 0 Å². The molecule has 0 bridgehead atoms. The smallest absolute Gasteiger partial charge is 0.361 e. The maximum atomic E-state index is 15.9. The van der Waals surface area contributed by atoms with Gasteiger partial charge in [-0.25, -0.2) is 14.0 Å². The number of halogens is 1. The van der Waals surface area contributed by atoms with Crippen molar-refractivity contribution in [3.05, 3.63) is 107 Å². The third kappa shape index (κ3) is 4.90. The van der Waals surface area contributed by atoms with Crippen LogP contribution in [0.25, 0.3) is 0 Å². The molecule has 1 N–H and O–H groups in total.